The van der Waals surface area contributed by atoms with Crippen molar-refractivity contribution in [1.82, 2.24) is 5.43 Å². The molecule has 0 fully saturated rings. The molecule has 0 aliphatic carbocycles. The predicted octanol–water partition coefficient (Wildman–Crippen LogP) is 0.0789. The van der Waals surface area contributed by atoms with Crippen molar-refractivity contribution < 1.29 is 14.7 Å². The molecule has 2 atom stereocenters. The summed E-state index contributed by atoms with van der Waals surface area (Å²) in [5.41, 5.74) is 6.99. The molecule has 98 valence electrons. The van der Waals surface area contributed by atoms with Gasteiger partial charge in [-0.3, -0.25) is 0 Å². The number of amides is 2. The van der Waals surface area contributed by atoms with Crippen molar-refractivity contribution in [1.29, 1.82) is 0 Å². The third-order valence-electron chi connectivity index (χ3n) is 2.63. The van der Waals surface area contributed by atoms with Gasteiger partial charge in [-0.2, -0.15) is 5.10 Å². The largest absolute Gasteiger partial charge is 0.550 e. The Morgan fingerprint density at radius 2 is 1.94 bits per heavy atom. The van der Waals surface area contributed by atoms with Crippen molar-refractivity contribution in [2.24, 2.45) is 28.6 Å². The number of hydrogen-bond donors (Lipinski definition) is 2. The van der Waals surface area contributed by atoms with Gasteiger partial charge in [0.15, 0.2) is 0 Å². The van der Waals surface area contributed by atoms with Crippen LogP contribution in [0.4, 0.5) is 4.79 Å². The van der Waals surface area contributed by atoms with Crippen LogP contribution >= 0.6 is 0 Å². The fourth-order valence-corrected chi connectivity index (χ4v) is 1.34. The van der Waals surface area contributed by atoms with Gasteiger partial charge in [0.1, 0.15) is 0 Å². The average Bonchev–Trinajstić information content (AvgIpc) is 2.21. The molecule has 0 unspecified atom stereocenters. The van der Waals surface area contributed by atoms with Crippen LogP contribution < -0.4 is 16.3 Å². The summed E-state index contributed by atoms with van der Waals surface area (Å²) in [5.74, 6) is -1.11. The van der Waals surface area contributed by atoms with Crippen LogP contribution in [-0.2, 0) is 4.79 Å². The molecule has 0 radical (unpaired) electrons. The van der Waals surface area contributed by atoms with Crippen molar-refractivity contribution >= 4 is 18.2 Å². The quantitative estimate of drug-likeness (QED) is 0.487. The Morgan fingerprint density at radius 1 is 1.35 bits per heavy atom. The van der Waals surface area contributed by atoms with Gasteiger partial charge >= 0.3 is 6.03 Å². The molecule has 0 saturated carbocycles. The van der Waals surface area contributed by atoms with Gasteiger partial charge in [-0.15, -0.1) is 0 Å². The highest BCUT2D eigenvalue weighted by Gasteiger charge is 2.13. The molecule has 0 saturated heterocycles. The Bertz CT molecular complexity index is 290. The van der Waals surface area contributed by atoms with Crippen LogP contribution in [0.15, 0.2) is 5.10 Å². The van der Waals surface area contributed by atoms with Crippen LogP contribution in [0, 0.1) is 17.8 Å². The minimum atomic E-state index is -1.04. The number of rotatable bonds is 7. The van der Waals surface area contributed by atoms with E-state index in [2.05, 4.69) is 10.5 Å². The third-order valence-corrected chi connectivity index (χ3v) is 2.63. The first kappa shape index (κ1) is 15.4. The fourth-order valence-electron chi connectivity index (χ4n) is 1.34. The maximum atomic E-state index is 10.6. The number of hydrazone groups is 1. The second kappa shape index (κ2) is 7.65. The van der Waals surface area contributed by atoms with Crippen LogP contribution in [0.3, 0.4) is 0 Å². The molecular formula is C11H20N3O3-. The molecule has 0 aromatic carbocycles. The van der Waals surface area contributed by atoms with E-state index < -0.39 is 17.9 Å². The Hall–Kier alpha value is -1.59. The van der Waals surface area contributed by atoms with Gasteiger partial charge in [0.05, 0.1) is 0 Å². The summed E-state index contributed by atoms with van der Waals surface area (Å²) >= 11 is 0. The van der Waals surface area contributed by atoms with Crippen molar-refractivity contribution in [3.05, 3.63) is 0 Å². The lowest BCUT2D eigenvalue weighted by Gasteiger charge is -2.19. The summed E-state index contributed by atoms with van der Waals surface area (Å²) in [7, 11) is 0. The van der Waals surface area contributed by atoms with Gasteiger partial charge < -0.3 is 15.6 Å². The molecule has 0 spiro atoms. The summed E-state index contributed by atoms with van der Waals surface area (Å²) in [4.78, 5) is 21.0. The number of nitrogens with zero attached hydrogens (tertiary/aromatic N) is 1. The summed E-state index contributed by atoms with van der Waals surface area (Å²) in [6.45, 7) is 5.63. The number of primary amides is 1. The minimum absolute atomic E-state index is 0.101. The van der Waals surface area contributed by atoms with Crippen molar-refractivity contribution in [2.75, 3.05) is 0 Å². The van der Waals surface area contributed by atoms with E-state index in [9.17, 15) is 14.7 Å². The molecular weight excluding hydrogens is 222 g/mol. The van der Waals surface area contributed by atoms with E-state index in [1.807, 2.05) is 13.8 Å². The van der Waals surface area contributed by atoms with Crippen molar-refractivity contribution in [3.63, 3.8) is 0 Å². The first-order valence-electron chi connectivity index (χ1n) is 5.64. The molecule has 6 nitrogen and oxygen atoms in total. The molecule has 0 aromatic heterocycles. The number of hydrogen-bond acceptors (Lipinski definition) is 4. The standard InChI is InChI=1S/C11H21N3O3/c1-7(2)9(6-13-14-11(12)17)5-4-8(3)10(15)16/h6-9H,4-5H2,1-3H3,(H,15,16)(H3,12,14,17)/p-1/b13-6-/t8-,9-/m1/s1. The number of nitrogens with two attached hydrogens (primary N) is 1. The number of carbonyl (C=O) groups excluding carboxylic acids is 2. The van der Waals surface area contributed by atoms with Crippen LogP contribution in [0.25, 0.3) is 0 Å². The Balaban J connectivity index is 4.20. The van der Waals surface area contributed by atoms with E-state index in [1.54, 1.807) is 13.1 Å². The first-order valence-corrected chi connectivity index (χ1v) is 5.64. The molecule has 0 aliphatic heterocycles. The molecule has 0 aliphatic rings. The lowest BCUT2D eigenvalue weighted by atomic mass is 9.89. The zero-order chi connectivity index (χ0) is 13.4. The van der Waals surface area contributed by atoms with E-state index in [-0.39, 0.29) is 5.92 Å². The molecule has 0 rings (SSSR count). The lowest BCUT2D eigenvalue weighted by Crippen LogP contribution is -2.30. The van der Waals surface area contributed by atoms with Crippen LogP contribution in [-0.4, -0.2) is 18.2 Å². The topological polar surface area (TPSA) is 108 Å². The summed E-state index contributed by atoms with van der Waals surface area (Å²) in [5, 5.41) is 14.3. The van der Waals surface area contributed by atoms with Gasteiger partial charge in [0, 0.05) is 12.2 Å². The predicted molar refractivity (Wildman–Crippen MR) is 62.9 cm³/mol. The molecule has 2 amide bonds. The molecule has 17 heavy (non-hydrogen) atoms. The maximum Gasteiger partial charge on any atom is 0.332 e. The molecule has 6 heteroatoms. The van der Waals surface area contributed by atoms with Crippen molar-refractivity contribution in [2.45, 2.75) is 33.6 Å². The maximum absolute atomic E-state index is 10.6. The number of urea groups is 1. The zero-order valence-corrected chi connectivity index (χ0v) is 10.5. The van der Waals surface area contributed by atoms with Crippen molar-refractivity contribution in [3.8, 4) is 0 Å². The summed E-state index contributed by atoms with van der Waals surface area (Å²) in [6, 6.07) is -0.716. The number of carboxylic acids is 1. The van der Waals surface area contributed by atoms with Gasteiger partial charge in [-0.05, 0) is 30.6 Å². The monoisotopic (exact) mass is 242 g/mol. The second-order valence-corrected chi connectivity index (χ2v) is 4.46. The SMILES string of the molecule is CC(C)[C@@H](/C=N\NC(N)=O)CC[C@@H](C)C(=O)[O-]. The Morgan fingerprint density at radius 3 is 2.35 bits per heavy atom. The highest BCUT2D eigenvalue weighted by molar-refractivity contribution is 5.73. The average molecular weight is 242 g/mol. The van der Waals surface area contributed by atoms with Gasteiger partial charge in [-0.1, -0.05) is 20.8 Å². The molecule has 0 heterocycles. The van der Waals surface area contributed by atoms with Crippen LogP contribution in [0.2, 0.25) is 0 Å². The number of carboxylic acid groups (broad SMARTS) is 1. The first-order chi connectivity index (χ1) is 7.84. The van der Waals surface area contributed by atoms with E-state index in [1.165, 1.54) is 0 Å². The smallest absolute Gasteiger partial charge is 0.332 e. The fraction of sp³-hybridized carbons (Fsp3) is 0.727. The molecule has 0 bridgehead atoms. The van der Waals surface area contributed by atoms with E-state index in [0.29, 0.717) is 18.8 Å². The summed E-state index contributed by atoms with van der Waals surface area (Å²) in [6.07, 6.45) is 2.79. The van der Waals surface area contributed by atoms with E-state index in [4.69, 9.17) is 5.73 Å². The number of aliphatic carboxylic acids is 1. The molecule has 0 aromatic rings. The summed E-state index contributed by atoms with van der Waals surface area (Å²) < 4.78 is 0. The minimum Gasteiger partial charge on any atom is -0.550 e. The van der Waals surface area contributed by atoms with Gasteiger partial charge in [0.25, 0.3) is 0 Å². The van der Waals surface area contributed by atoms with Gasteiger partial charge in [0.2, 0.25) is 0 Å². The normalized spacial score (nSPS) is 14.8. The van der Waals surface area contributed by atoms with Gasteiger partial charge in [-0.25, -0.2) is 10.2 Å². The van der Waals surface area contributed by atoms with Crippen LogP contribution in [0.1, 0.15) is 33.6 Å². The Kier molecular flexibility index (Phi) is 6.93. The van der Waals surface area contributed by atoms with E-state index in [0.717, 1.165) is 0 Å². The third kappa shape index (κ3) is 7.32. The number of carbonyl (C=O) groups is 2. The second-order valence-electron chi connectivity index (χ2n) is 4.46. The highest BCUT2D eigenvalue weighted by atomic mass is 16.4. The number of nitrogens with one attached hydrogen (secondary N) is 1. The lowest BCUT2D eigenvalue weighted by molar-refractivity contribution is -0.311. The van der Waals surface area contributed by atoms with E-state index >= 15 is 0 Å². The Labute approximate surface area is 101 Å². The molecule has 3 N–H and O–H groups in total. The van der Waals surface area contributed by atoms with Crippen LogP contribution in [0.5, 0.6) is 0 Å². The highest BCUT2D eigenvalue weighted by Crippen LogP contribution is 2.18. The zero-order valence-electron chi connectivity index (χ0n) is 10.5.